The third kappa shape index (κ3) is 3.52. The molecule has 1 amide bonds. The number of hydrogen-bond donors (Lipinski definition) is 1. The third-order valence-electron chi connectivity index (χ3n) is 5.30. The molecule has 4 rings (SSSR count). The molecule has 1 fully saturated rings. The average molecular weight is 366 g/mol. The number of amides is 1. The Balaban J connectivity index is 1.58. The summed E-state index contributed by atoms with van der Waals surface area (Å²) in [5.74, 6) is -0.429. The molecule has 2 aliphatic heterocycles. The van der Waals surface area contributed by atoms with Gasteiger partial charge in [-0.3, -0.25) is 14.6 Å². The van der Waals surface area contributed by atoms with Gasteiger partial charge in [-0.15, -0.1) is 0 Å². The molecule has 6 nitrogen and oxygen atoms in total. The first kappa shape index (κ1) is 17.5. The number of carbonyl (C=O) groups is 2. The number of aliphatic carboxylic acids is 1. The monoisotopic (exact) mass is 366 g/mol. The first-order valence-corrected chi connectivity index (χ1v) is 9.24. The Morgan fingerprint density at radius 2 is 2.04 bits per heavy atom. The minimum absolute atomic E-state index is 0.161. The number of likely N-dealkylation sites (tertiary alicyclic amines) is 1. The van der Waals surface area contributed by atoms with E-state index in [1.54, 1.807) is 17.3 Å². The van der Waals surface area contributed by atoms with E-state index in [4.69, 9.17) is 4.74 Å². The van der Waals surface area contributed by atoms with Crippen molar-refractivity contribution in [1.82, 2.24) is 9.88 Å². The van der Waals surface area contributed by atoms with Crippen molar-refractivity contribution in [3.05, 3.63) is 47.8 Å². The smallest absolute Gasteiger partial charge is 0.308 e. The van der Waals surface area contributed by atoms with Crippen LogP contribution >= 0.6 is 0 Å². The van der Waals surface area contributed by atoms with Crippen LogP contribution in [0.4, 0.5) is 0 Å². The molecule has 0 spiro atoms. The Morgan fingerprint density at radius 3 is 2.85 bits per heavy atom. The van der Waals surface area contributed by atoms with Gasteiger partial charge in [0.05, 0.1) is 18.1 Å². The summed E-state index contributed by atoms with van der Waals surface area (Å²) in [7, 11) is 0. The number of carboxylic acids is 1. The number of hydrogen-bond acceptors (Lipinski definition) is 4. The van der Waals surface area contributed by atoms with Crippen molar-refractivity contribution >= 4 is 11.9 Å². The van der Waals surface area contributed by atoms with Crippen molar-refractivity contribution in [2.24, 2.45) is 11.8 Å². The SMILES string of the molecule is CC1CC(C(=O)O)CN(C(=O)c2cncc(-c3ccc4c(c3)CCO4)c2)C1. The molecule has 1 saturated heterocycles. The molecule has 1 N–H and O–H groups in total. The predicted octanol–water partition coefficient (Wildman–Crippen LogP) is 2.87. The van der Waals surface area contributed by atoms with Gasteiger partial charge in [-0.1, -0.05) is 13.0 Å². The largest absolute Gasteiger partial charge is 0.493 e. The number of pyridine rings is 1. The summed E-state index contributed by atoms with van der Waals surface area (Å²) in [6.45, 7) is 3.51. The molecule has 6 heteroatoms. The van der Waals surface area contributed by atoms with Gasteiger partial charge in [-0.2, -0.15) is 0 Å². The first-order chi connectivity index (χ1) is 13.0. The summed E-state index contributed by atoms with van der Waals surface area (Å²) in [6, 6.07) is 7.84. The zero-order valence-corrected chi connectivity index (χ0v) is 15.2. The average Bonchev–Trinajstić information content (AvgIpc) is 3.14. The number of aromatic nitrogens is 1. The zero-order chi connectivity index (χ0) is 19.0. The van der Waals surface area contributed by atoms with Crippen LogP contribution in [0.3, 0.4) is 0 Å². The molecule has 2 atom stereocenters. The Morgan fingerprint density at radius 1 is 1.19 bits per heavy atom. The minimum atomic E-state index is -0.841. The maximum absolute atomic E-state index is 13.0. The molecule has 2 unspecified atom stereocenters. The van der Waals surface area contributed by atoms with Gasteiger partial charge < -0.3 is 14.7 Å². The number of piperidine rings is 1. The molecule has 0 saturated carbocycles. The number of benzene rings is 1. The Labute approximate surface area is 157 Å². The van der Waals surface area contributed by atoms with Crippen molar-refractivity contribution in [1.29, 1.82) is 0 Å². The second-order valence-corrected chi connectivity index (χ2v) is 7.47. The molecule has 1 aromatic heterocycles. The lowest BCUT2D eigenvalue weighted by Gasteiger charge is -2.34. The van der Waals surface area contributed by atoms with Crippen LogP contribution in [0.25, 0.3) is 11.1 Å². The maximum Gasteiger partial charge on any atom is 0.308 e. The molecule has 3 heterocycles. The Bertz CT molecular complexity index is 896. The normalized spacial score (nSPS) is 21.4. The fourth-order valence-corrected chi connectivity index (χ4v) is 3.96. The number of rotatable bonds is 3. The second kappa shape index (κ2) is 7.02. The van der Waals surface area contributed by atoms with E-state index in [-0.39, 0.29) is 18.4 Å². The van der Waals surface area contributed by atoms with E-state index < -0.39 is 11.9 Å². The van der Waals surface area contributed by atoms with E-state index in [0.717, 1.165) is 23.3 Å². The number of fused-ring (bicyclic) bond motifs is 1. The number of carbonyl (C=O) groups excluding carboxylic acids is 1. The van der Waals surface area contributed by atoms with Crippen LogP contribution in [0.2, 0.25) is 0 Å². The Kier molecular flexibility index (Phi) is 4.56. The highest BCUT2D eigenvalue weighted by Gasteiger charge is 2.32. The van der Waals surface area contributed by atoms with Crippen LogP contribution in [0.5, 0.6) is 5.75 Å². The number of nitrogens with zero attached hydrogens (tertiary/aromatic N) is 2. The number of ether oxygens (including phenoxy) is 1. The molecule has 0 bridgehead atoms. The van der Waals surface area contributed by atoms with Crippen LogP contribution in [0.1, 0.15) is 29.3 Å². The molecule has 1 aromatic carbocycles. The minimum Gasteiger partial charge on any atom is -0.493 e. The molecule has 0 radical (unpaired) electrons. The van der Waals surface area contributed by atoms with Gasteiger partial charge in [0.1, 0.15) is 5.75 Å². The lowest BCUT2D eigenvalue weighted by molar-refractivity contribution is -0.143. The van der Waals surface area contributed by atoms with E-state index in [9.17, 15) is 14.7 Å². The fourth-order valence-electron chi connectivity index (χ4n) is 3.96. The van der Waals surface area contributed by atoms with Gasteiger partial charge in [0, 0.05) is 37.5 Å². The highest BCUT2D eigenvalue weighted by molar-refractivity contribution is 5.95. The molecule has 0 aliphatic carbocycles. The predicted molar refractivity (Wildman–Crippen MR) is 99.7 cm³/mol. The van der Waals surface area contributed by atoms with Crippen molar-refractivity contribution in [2.75, 3.05) is 19.7 Å². The van der Waals surface area contributed by atoms with Crippen molar-refractivity contribution in [2.45, 2.75) is 19.8 Å². The van der Waals surface area contributed by atoms with Crippen LogP contribution in [-0.2, 0) is 11.2 Å². The van der Waals surface area contributed by atoms with Crippen molar-refractivity contribution in [3.63, 3.8) is 0 Å². The molecule has 2 aliphatic rings. The maximum atomic E-state index is 13.0. The first-order valence-electron chi connectivity index (χ1n) is 9.24. The summed E-state index contributed by atoms with van der Waals surface area (Å²) < 4.78 is 5.55. The standard InChI is InChI=1S/C21H22N2O4/c1-13-6-18(21(25)26)12-23(11-13)20(24)17-8-16(9-22-10-17)14-2-3-19-15(7-14)4-5-27-19/h2-3,7-10,13,18H,4-6,11-12H2,1H3,(H,25,26). The van der Waals surface area contributed by atoms with Gasteiger partial charge in [0.25, 0.3) is 5.91 Å². The van der Waals surface area contributed by atoms with E-state index in [0.29, 0.717) is 25.1 Å². The van der Waals surface area contributed by atoms with Crippen LogP contribution < -0.4 is 4.74 Å². The summed E-state index contributed by atoms with van der Waals surface area (Å²) >= 11 is 0. The molecule has 27 heavy (non-hydrogen) atoms. The van der Waals surface area contributed by atoms with Crippen LogP contribution in [0, 0.1) is 11.8 Å². The van der Waals surface area contributed by atoms with Crippen molar-refractivity contribution in [3.8, 4) is 16.9 Å². The zero-order valence-electron chi connectivity index (χ0n) is 15.2. The highest BCUT2D eigenvalue weighted by Crippen LogP contribution is 2.31. The third-order valence-corrected chi connectivity index (χ3v) is 5.30. The molecule has 2 aromatic rings. The van der Waals surface area contributed by atoms with E-state index in [1.807, 2.05) is 25.1 Å². The van der Waals surface area contributed by atoms with Gasteiger partial charge in [0.2, 0.25) is 0 Å². The van der Waals surface area contributed by atoms with E-state index in [2.05, 4.69) is 11.1 Å². The topological polar surface area (TPSA) is 79.7 Å². The molecular formula is C21H22N2O4. The van der Waals surface area contributed by atoms with Gasteiger partial charge in [-0.05, 0) is 41.7 Å². The summed E-state index contributed by atoms with van der Waals surface area (Å²) in [6.07, 6.45) is 4.79. The summed E-state index contributed by atoms with van der Waals surface area (Å²) in [4.78, 5) is 30.2. The van der Waals surface area contributed by atoms with Crippen LogP contribution in [-0.4, -0.2) is 46.6 Å². The van der Waals surface area contributed by atoms with E-state index in [1.165, 1.54) is 5.56 Å². The molecule has 140 valence electrons. The highest BCUT2D eigenvalue weighted by atomic mass is 16.5. The van der Waals surface area contributed by atoms with Crippen LogP contribution in [0.15, 0.2) is 36.7 Å². The van der Waals surface area contributed by atoms with Crippen molar-refractivity contribution < 1.29 is 19.4 Å². The van der Waals surface area contributed by atoms with E-state index >= 15 is 0 Å². The summed E-state index contributed by atoms with van der Waals surface area (Å²) in [5, 5.41) is 9.34. The quantitative estimate of drug-likeness (QED) is 0.904. The number of carboxylic acid groups (broad SMARTS) is 1. The second-order valence-electron chi connectivity index (χ2n) is 7.47. The van der Waals surface area contributed by atoms with Gasteiger partial charge in [0.15, 0.2) is 0 Å². The molecular weight excluding hydrogens is 344 g/mol. The summed E-state index contributed by atoms with van der Waals surface area (Å²) in [5.41, 5.74) is 3.52. The Hall–Kier alpha value is -2.89. The van der Waals surface area contributed by atoms with Gasteiger partial charge >= 0.3 is 5.97 Å². The lowest BCUT2D eigenvalue weighted by atomic mass is 9.90. The van der Waals surface area contributed by atoms with Gasteiger partial charge in [-0.25, -0.2) is 0 Å². The lowest BCUT2D eigenvalue weighted by Crippen LogP contribution is -2.45. The fraction of sp³-hybridized carbons (Fsp3) is 0.381.